The predicted octanol–water partition coefficient (Wildman–Crippen LogP) is 2.62. The fourth-order valence-corrected chi connectivity index (χ4v) is 1.44. The zero-order valence-electron chi connectivity index (χ0n) is 10.1. The summed E-state index contributed by atoms with van der Waals surface area (Å²) in [7, 11) is 0. The van der Waals surface area contributed by atoms with Crippen LogP contribution < -0.4 is 4.90 Å². The molecule has 1 aromatic rings. The highest BCUT2D eigenvalue weighted by Crippen LogP contribution is 2.27. The molecule has 0 aliphatic rings. The molecular formula is C11H13F3N4. The van der Waals surface area contributed by atoms with Crippen molar-refractivity contribution in [3.63, 3.8) is 0 Å². The van der Waals surface area contributed by atoms with Crippen LogP contribution in [0.5, 0.6) is 0 Å². The molecule has 18 heavy (non-hydrogen) atoms. The first-order chi connectivity index (χ1) is 8.36. The van der Waals surface area contributed by atoms with Crippen LogP contribution >= 0.6 is 0 Å². The fraction of sp³-hybridized carbons (Fsp3) is 0.545. The van der Waals surface area contributed by atoms with Crippen molar-refractivity contribution < 1.29 is 13.2 Å². The Morgan fingerprint density at radius 1 is 1.33 bits per heavy atom. The van der Waals surface area contributed by atoms with Crippen molar-refractivity contribution in [2.75, 3.05) is 11.4 Å². The highest BCUT2D eigenvalue weighted by atomic mass is 19.4. The van der Waals surface area contributed by atoms with Crippen LogP contribution in [-0.4, -0.2) is 22.8 Å². The Hall–Kier alpha value is -1.84. The lowest BCUT2D eigenvalue weighted by molar-refractivity contribution is -0.141. The zero-order chi connectivity index (χ0) is 13.8. The van der Waals surface area contributed by atoms with Crippen molar-refractivity contribution in [2.24, 2.45) is 0 Å². The normalized spacial score (nSPS) is 11.4. The number of alkyl halides is 3. The van der Waals surface area contributed by atoms with Crippen molar-refractivity contribution in [2.45, 2.75) is 32.5 Å². The van der Waals surface area contributed by atoms with Crippen LogP contribution in [0.25, 0.3) is 0 Å². The van der Waals surface area contributed by atoms with E-state index in [9.17, 15) is 13.2 Å². The van der Waals surface area contributed by atoms with Gasteiger partial charge >= 0.3 is 6.18 Å². The second-order valence-electron chi connectivity index (χ2n) is 3.97. The average Bonchev–Trinajstić information content (AvgIpc) is 2.28. The average molecular weight is 258 g/mol. The van der Waals surface area contributed by atoms with E-state index in [1.807, 2.05) is 19.9 Å². The molecule has 7 heteroatoms. The molecule has 1 rings (SSSR count). The number of aromatic nitrogens is 2. The van der Waals surface area contributed by atoms with Gasteiger partial charge in [0.05, 0.1) is 12.5 Å². The predicted molar refractivity (Wildman–Crippen MR) is 59.7 cm³/mol. The molecule has 0 aliphatic carbocycles. The Labute approximate surface area is 103 Å². The van der Waals surface area contributed by atoms with Gasteiger partial charge in [0.25, 0.3) is 0 Å². The summed E-state index contributed by atoms with van der Waals surface area (Å²) < 4.78 is 37.0. The molecule has 0 fully saturated rings. The number of anilines is 1. The first kappa shape index (κ1) is 14.2. The monoisotopic (exact) mass is 258 g/mol. The van der Waals surface area contributed by atoms with Crippen LogP contribution in [0.4, 0.5) is 19.0 Å². The van der Waals surface area contributed by atoms with Gasteiger partial charge in [-0.2, -0.15) is 18.4 Å². The van der Waals surface area contributed by atoms with Gasteiger partial charge in [0, 0.05) is 12.6 Å². The van der Waals surface area contributed by atoms with Gasteiger partial charge in [0.1, 0.15) is 0 Å². The quantitative estimate of drug-likeness (QED) is 0.833. The molecule has 0 saturated heterocycles. The van der Waals surface area contributed by atoms with Crippen LogP contribution in [-0.2, 0) is 6.18 Å². The number of hydrogen-bond donors (Lipinski definition) is 0. The summed E-state index contributed by atoms with van der Waals surface area (Å²) in [5.74, 6) is 0.341. The Morgan fingerprint density at radius 3 is 2.39 bits per heavy atom. The maximum atomic E-state index is 12.3. The van der Waals surface area contributed by atoms with Crippen molar-refractivity contribution in [3.8, 4) is 6.07 Å². The van der Waals surface area contributed by atoms with E-state index < -0.39 is 11.9 Å². The van der Waals surface area contributed by atoms with Crippen LogP contribution in [0.3, 0.4) is 0 Å². The number of hydrogen-bond acceptors (Lipinski definition) is 4. The van der Waals surface area contributed by atoms with Gasteiger partial charge in [0.2, 0.25) is 0 Å². The molecule has 4 nitrogen and oxygen atoms in total. The van der Waals surface area contributed by atoms with Crippen LogP contribution in [0.2, 0.25) is 0 Å². The van der Waals surface area contributed by atoms with Gasteiger partial charge in [-0.3, -0.25) is 0 Å². The minimum Gasteiger partial charge on any atom is -0.352 e. The van der Waals surface area contributed by atoms with E-state index >= 15 is 0 Å². The van der Waals surface area contributed by atoms with Crippen molar-refractivity contribution in [1.29, 1.82) is 5.26 Å². The molecule has 0 bridgehead atoms. The third-order valence-corrected chi connectivity index (χ3v) is 2.32. The molecule has 0 saturated carbocycles. The zero-order valence-corrected chi connectivity index (χ0v) is 10.1. The number of halogens is 3. The Morgan fingerprint density at radius 2 is 2.00 bits per heavy atom. The van der Waals surface area contributed by atoms with Gasteiger partial charge in [-0.1, -0.05) is 0 Å². The molecular weight excluding hydrogens is 245 g/mol. The third-order valence-electron chi connectivity index (χ3n) is 2.32. The van der Waals surface area contributed by atoms with Gasteiger partial charge in [0.15, 0.2) is 11.5 Å². The molecule has 1 heterocycles. The molecule has 0 unspecified atom stereocenters. The SMILES string of the molecule is CC(C)N(CCC#N)c1ccc(C(F)(F)F)nn1. The summed E-state index contributed by atoms with van der Waals surface area (Å²) in [4.78, 5) is 1.73. The Balaban J connectivity index is 2.91. The topological polar surface area (TPSA) is 52.8 Å². The van der Waals surface area contributed by atoms with E-state index in [-0.39, 0.29) is 12.5 Å². The molecule has 0 atom stereocenters. The Kier molecular flexibility index (Phi) is 4.48. The van der Waals surface area contributed by atoms with E-state index in [1.54, 1.807) is 4.90 Å². The smallest absolute Gasteiger partial charge is 0.352 e. The molecule has 0 spiro atoms. The first-order valence-corrected chi connectivity index (χ1v) is 5.40. The number of nitrogens with zero attached hydrogens (tertiary/aromatic N) is 4. The van der Waals surface area contributed by atoms with Gasteiger partial charge < -0.3 is 4.90 Å². The van der Waals surface area contributed by atoms with Crippen LogP contribution in [0.15, 0.2) is 12.1 Å². The second-order valence-corrected chi connectivity index (χ2v) is 3.97. The summed E-state index contributed by atoms with van der Waals surface area (Å²) in [6.07, 6.45) is -4.21. The lowest BCUT2D eigenvalue weighted by Crippen LogP contribution is -2.32. The van der Waals surface area contributed by atoms with E-state index in [0.29, 0.717) is 12.4 Å². The maximum Gasteiger partial charge on any atom is 0.435 e. The minimum absolute atomic E-state index is 0.0318. The number of nitriles is 1. The van der Waals surface area contributed by atoms with E-state index in [4.69, 9.17) is 5.26 Å². The third kappa shape index (κ3) is 3.58. The Bertz CT molecular complexity index is 419. The molecule has 0 aliphatic heterocycles. The van der Waals surface area contributed by atoms with Crippen LogP contribution in [0, 0.1) is 11.3 Å². The van der Waals surface area contributed by atoms with Gasteiger partial charge in [-0.15, -0.1) is 10.2 Å². The van der Waals surface area contributed by atoms with E-state index in [0.717, 1.165) is 6.07 Å². The molecule has 0 amide bonds. The van der Waals surface area contributed by atoms with Crippen molar-refractivity contribution >= 4 is 5.82 Å². The molecule has 0 aromatic carbocycles. The summed E-state index contributed by atoms with van der Waals surface area (Å²) in [5, 5.41) is 15.3. The van der Waals surface area contributed by atoms with Crippen molar-refractivity contribution in [1.82, 2.24) is 10.2 Å². The van der Waals surface area contributed by atoms with Gasteiger partial charge in [-0.25, -0.2) is 0 Å². The number of rotatable bonds is 4. The van der Waals surface area contributed by atoms with E-state index in [2.05, 4.69) is 10.2 Å². The lowest BCUT2D eigenvalue weighted by atomic mass is 10.2. The summed E-state index contributed by atoms with van der Waals surface area (Å²) in [6, 6.07) is 4.18. The van der Waals surface area contributed by atoms with Crippen LogP contribution in [0.1, 0.15) is 26.0 Å². The standard InChI is InChI=1S/C11H13F3N4/c1-8(2)18(7-3-6-15)10-5-4-9(16-17-10)11(12,13)14/h4-5,8H,3,7H2,1-2H3. The first-order valence-electron chi connectivity index (χ1n) is 5.40. The summed E-state index contributed by atoms with van der Waals surface area (Å²) in [5.41, 5.74) is -1.02. The molecule has 0 N–H and O–H groups in total. The lowest BCUT2D eigenvalue weighted by Gasteiger charge is -2.26. The molecule has 0 radical (unpaired) electrons. The van der Waals surface area contributed by atoms with E-state index in [1.165, 1.54) is 6.07 Å². The van der Waals surface area contributed by atoms with Gasteiger partial charge in [-0.05, 0) is 26.0 Å². The highest BCUT2D eigenvalue weighted by Gasteiger charge is 2.33. The molecule has 98 valence electrons. The highest BCUT2D eigenvalue weighted by molar-refractivity contribution is 5.38. The maximum absolute atomic E-state index is 12.3. The summed E-state index contributed by atoms with van der Waals surface area (Å²) >= 11 is 0. The largest absolute Gasteiger partial charge is 0.435 e. The fourth-order valence-electron chi connectivity index (χ4n) is 1.44. The minimum atomic E-state index is -4.49. The second kappa shape index (κ2) is 5.67. The molecule has 1 aromatic heterocycles. The summed E-state index contributed by atoms with van der Waals surface area (Å²) in [6.45, 7) is 4.15. The van der Waals surface area contributed by atoms with Crippen molar-refractivity contribution in [3.05, 3.63) is 17.8 Å².